The van der Waals surface area contributed by atoms with E-state index in [2.05, 4.69) is 58.1 Å². The van der Waals surface area contributed by atoms with E-state index in [0.717, 1.165) is 23.7 Å². The van der Waals surface area contributed by atoms with E-state index >= 15 is 0 Å². The number of halogens is 3. The summed E-state index contributed by atoms with van der Waals surface area (Å²) in [6.45, 7) is 2.65. The number of carbonyl (C=O) groups is 1. The predicted molar refractivity (Wildman–Crippen MR) is 115 cm³/mol. The summed E-state index contributed by atoms with van der Waals surface area (Å²) >= 11 is 8.33. The van der Waals surface area contributed by atoms with Crippen molar-refractivity contribution in [2.75, 3.05) is 26.2 Å². The van der Waals surface area contributed by atoms with Crippen molar-refractivity contribution < 1.29 is 18.3 Å². The number of carboxylic acid groups (broad SMARTS) is 1. The summed E-state index contributed by atoms with van der Waals surface area (Å²) in [5, 5.41) is 12.9. The van der Waals surface area contributed by atoms with E-state index in [0.29, 0.717) is 24.5 Å². The first kappa shape index (κ1) is 22.7. The van der Waals surface area contributed by atoms with Gasteiger partial charge >= 0.3 is 5.97 Å². The van der Waals surface area contributed by atoms with E-state index in [-0.39, 0.29) is 0 Å². The van der Waals surface area contributed by atoms with Gasteiger partial charge < -0.3 is 10.4 Å². The number of nitrogens with zero attached hydrogens (tertiary/aromatic N) is 2. The maximum Gasteiger partial charge on any atom is 0.342 e. The summed E-state index contributed by atoms with van der Waals surface area (Å²) in [6, 6.07) is 7.09. The number of nitrogens with one attached hydrogen (secondary N) is 1. The molecular weight excluding hydrogens is 570 g/mol. The Bertz CT molecular complexity index is 890. The SMILES string of the molecule is O=C(O)C(Br)(Br)Br.O=S(=O)(c1cccc2cnccc12)N1CCCNCC1. The Morgan fingerprint density at radius 1 is 1.19 bits per heavy atom. The second-order valence-electron chi connectivity index (χ2n) is 5.66. The molecule has 2 aromatic rings. The number of alkyl halides is 3. The third kappa shape index (κ3) is 6.20. The highest BCUT2D eigenvalue weighted by atomic mass is 80.0. The van der Waals surface area contributed by atoms with Crippen LogP contribution in [0.1, 0.15) is 6.42 Å². The van der Waals surface area contributed by atoms with Crippen molar-refractivity contribution in [2.45, 2.75) is 13.5 Å². The van der Waals surface area contributed by atoms with Gasteiger partial charge in [-0.25, -0.2) is 13.2 Å². The lowest BCUT2D eigenvalue weighted by molar-refractivity contribution is -0.134. The number of carboxylic acids is 1. The molecule has 0 bridgehead atoms. The minimum atomic E-state index is -3.45. The molecule has 2 N–H and O–H groups in total. The third-order valence-electron chi connectivity index (χ3n) is 3.80. The van der Waals surface area contributed by atoms with Gasteiger partial charge in [0, 0.05) is 42.8 Å². The van der Waals surface area contributed by atoms with Gasteiger partial charge in [-0.15, -0.1) is 0 Å². The maximum absolute atomic E-state index is 12.8. The lowest BCUT2D eigenvalue weighted by Gasteiger charge is -2.20. The van der Waals surface area contributed by atoms with Gasteiger partial charge in [0.25, 0.3) is 0 Å². The topological polar surface area (TPSA) is 99.6 Å². The van der Waals surface area contributed by atoms with Gasteiger partial charge in [0.1, 0.15) is 0 Å². The number of fused-ring (bicyclic) bond motifs is 1. The smallest absolute Gasteiger partial charge is 0.342 e. The van der Waals surface area contributed by atoms with Crippen molar-refractivity contribution in [1.29, 1.82) is 0 Å². The molecule has 0 saturated carbocycles. The molecule has 3 rings (SSSR count). The van der Waals surface area contributed by atoms with Crippen LogP contribution in [0.2, 0.25) is 0 Å². The highest BCUT2D eigenvalue weighted by Crippen LogP contribution is 2.33. The molecule has 0 atom stereocenters. The number of rotatable bonds is 2. The van der Waals surface area contributed by atoms with Crippen LogP contribution in [0, 0.1) is 0 Å². The summed E-state index contributed by atoms with van der Waals surface area (Å²) in [5.74, 6) is -1.01. The minimum absolute atomic E-state index is 0.374. The average Bonchev–Trinajstić information content (AvgIpc) is 2.91. The van der Waals surface area contributed by atoms with Gasteiger partial charge in [0.2, 0.25) is 12.2 Å². The summed E-state index contributed by atoms with van der Waals surface area (Å²) in [4.78, 5) is 14.3. The Morgan fingerprint density at radius 2 is 1.89 bits per heavy atom. The number of aromatic nitrogens is 1. The van der Waals surface area contributed by atoms with Crippen molar-refractivity contribution in [2.24, 2.45) is 0 Å². The first-order valence-corrected chi connectivity index (χ1v) is 11.8. The van der Waals surface area contributed by atoms with Crippen LogP contribution in [0.4, 0.5) is 0 Å². The van der Waals surface area contributed by atoms with Gasteiger partial charge in [0.05, 0.1) is 4.90 Å². The highest BCUT2D eigenvalue weighted by Gasteiger charge is 2.27. The molecule has 0 radical (unpaired) electrons. The Labute approximate surface area is 183 Å². The fourth-order valence-electron chi connectivity index (χ4n) is 2.52. The Kier molecular flexibility index (Phi) is 8.19. The zero-order valence-electron chi connectivity index (χ0n) is 14.1. The second-order valence-corrected chi connectivity index (χ2v) is 14.3. The predicted octanol–water partition coefficient (Wildman–Crippen LogP) is 3.13. The Balaban J connectivity index is 0.000000321. The van der Waals surface area contributed by atoms with E-state index in [1.54, 1.807) is 34.9 Å². The molecule has 0 aliphatic carbocycles. The number of hydrogen-bond donors (Lipinski definition) is 2. The van der Waals surface area contributed by atoms with Crippen LogP contribution in [-0.2, 0) is 14.8 Å². The summed E-state index contributed by atoms with van der Waals surface area (Å²) in [7, 11) is -3.45. The minimum Gasteiger partial charge on any atom is -0.479 e. The fourth-order valence-corrected chi connectivity index (χ4v) is 4.21. The van der Waals surface area contributed by atoms with E-state index in [9.17, 15) is 13.2 Å². The molecular formula is C16H18Br3N3O4S. The van der Waals surface area contributed by atoms with E-state index in [1.807, 2.05) is 6.07 Å². The van der Waals surface area contributed by atoms with Crippen molar-refractivity contribution in [3.63, 3.8) is 0 Å². The molecule has 0 spiro atoms. The molecule has 1 aromatic heterocycles. The lowest BCUT2D eigenvalue weighted by atomic mass is 10.2. The molecule has 0 unspecified atom stereocenters. The standard InChI is InChI=1S/C14H17N3O2S.C2HBr3O2/c18-20(19,17-9-2-6-15-8-10-17)14-4-1-3-12-11-16-7-5-13(12)14;3-2(4,5)1(6)7/h1,3-5,7,11,15H,2,6,8-10H2;(H,6,7). The van der Waals surface area contributed by atoms with E-state index in [1.165, 1.54) is 0 Å². The monoisotopic (exact) mass is 585 g/mol. The van der Waals surface area contributed by atoms with Crippen LogP contribution in [0.3, 0.4) is 0 Å². The van der Waals surface area contributed by atoms with Crippen LogP contribution >= 0.6 is 47.8 Å². The lowest BCUT2D eigenvalue weighted by Crippen LogP contribution is -2.34. The molecule has 2 heterocycles. The van der Waals surface area contributed by atoms with Crippen molar-refractivity contribution in [3.8, 4) is 0 Å². The Morgan fingerprint density at radius 3 is 2.56 bits per heavy atom. The first-order chi connectivity index (χ1) is 12.6. The summed E-state index contributed by atoms with van der Waals surface area (Å²) in [6.07, 6.45) is 4.16. The molecule has 1 saturated heterocycles. The van der Waals surface area contributed by atoms with Crippen LogP contribution in [-0.4, -0.2) is 57.1 Å². The second kappa shape index (κ2) is 9.75. The molecule has 1 aliphatic heterocycles. The normalized spacial score (nSPS) is 16.3. The quantitative estimate of drug-likeness (QED) is 0.524. The molecule has 7 nitrogen and oxygen atoms in total. The van der Waals surface area contributed by atoms with Crippen LogP contribution in [0.25, 0.3) is 10.8 Å². The Hall–Kier alpha value is -0.590. The first-order valence-electron chi connectivity index (χ1n) is 7.98. The van der Waals surface area contributed by atoms with Gasteiger partial charge in [-0.2, -0.15) is 4.31 Å². The van der Waals surface area contributed by atoms with Gasteiger partial charge in [-0.3, -0.25) is 4.98 Å². The number of sulfonamides is 1. The molecule has 1 aromatic carbocycles. The van der Waals surface area contributed by atoms with E-state index < -0.39 is 18.1 Å². The molecule has 1 aliphatic rings. The fraction of sp³-hybridized carbons (Fsp3) is 0.375. The average molecular weight is 588 g/mol. The van der Waals surface area contributed by atoms with Crippen LogP contribution in [0.15, 0.2) is 41.6 Å². The van der Waals surface area contributed by atoms with Gasteiger partial charge in [-0.1, -0.05) is 12.1 Å². The zero-order chi connectivity index (χ0) is 20.1. The summed E-state index contributed by atoms with van der Waals surface area (Å²) in [5.41, 5.74) is 0. The van der Waals surface area contributed by atoms with Gasteiger partial charge in [-0.05, 0) is 72.9 Å². The molecule has 27 heavy (non-hydrogen) atoms. The highest BCUT2D eigenvalue weighted by molar-refractivity contribution is 9.40. The van der Waals surface area contributed by atoms with Crippen molar-refractivity contribution in [1.82, 2.24) is 14.6 Å². The van der Waals surface area contributed by atoms with Crippen molar-refractivity contribution in [3.05, 3.63) is 36.7 Å². The molecule has 1 fully saturated rings. The third-order valence-corrected chi connectivity index (χ3v) is 6.77. The zero-order valence-corrected chi connectivity index (χ0v) is 19.7. The summed E-state index contributed by atoms with van der Waals surface area (Å²) < 4.78 is 26.1. The van der Waals surface area contributed by atoms with E-state index in [4.69, 9.17) is 5.11 Å². The molecule has 0 amide bonds. The molecule has 11 heteroatoms. The number of hydrogen-bond acceptors (Lipinski definition) is 5. The maximum atomic E-state index is 12.8. The van der Waals surface area contributed by atoms with Crippen LogP contribution < -0.4 is 5.32 Å². The number of aliphatic carboxylic acids is 1. The van der Waals surface area contributed by atoms with Crippen molar-refractivity contribution >= 4 is 74.6 Å². The number of benzene rings is 1. The van der Waals surface area contributed by atoms with Crippen LogP contribution in [0.5, 0.6) is 0 Å². The van der Waals surface area contributed by atoms with Gasteiger partial charge in [0.15, 0.2) is 0 Å². The number of pyridine rings is 1. The molecule has 148 valence electrons. The largest absolute Gasteiger partial charge is 0.479 e.